The van der Waals surface area contributed by atoms with Crippen LogP contribution >= 0.6 is 7.82 Å². The molecule has 0 aromatic carbocycles. The van der Waals surface area contributed by atoms with Gasteiger partial charge in [-0.05, 0) is 64.7 Å². The van der Waals surface area contributed by atoms with Crippen molar-refractivity contribution in [2.24, 2.45) is 0 Å². The van der Waals surface area contributed by atoms with E-state index in [4.69, 9.17) is 60.9 Å². The molecule has 2 heterocycles. The van der Waals surface area contributed by atoms with E-state index in [2.05, 4.69) is 70.2 Å². The number of hydrogen-bond acceptors (Lipinski definition) is 18. The van der Waals surface area contributed by atoms with Crippen LogP contribution in [0.15, 0.2) is 62.5 Å². The zero-order valence-corrected chi connectivity index (χ0v) is 64.4. The van der Waals surface area contributed by atoms with Crippen LogP contribution in [-0.2, 0) is 79.9 Å². The summed E-state index contributed by atoms with van der Waals surface area (Å²) in [5.74, 6) is -1.10. The van der Waals surface area contributed by atoms with E-state index in [0.29, 0.717) is 25.7 Å². The van der Waals surface area contributed by atoms with Crippen molar-refractivity contribution in [3.63, 3.8) is 0 Å². The molecule has 2 aliphatic rings. The van der Waals surface area contributed by atoms with Gasteiger partial charge in [0.05, 0.1) is 45.2 Å². The van der Waals surface area contributed by atoms with Crippen molar-refractivity contribution < 1.29 is 84.7 Å². The van der Waals surface area contributed by atoms with E-state index in [1.165, 1.54) is 102 Å². The van der Waals surface area contributed by atoms with Gasteiger partial charge in [-0.1, -0.05) is 251 Å². The molecule has 0 bridgehead atoms. The molecule has 0 radical (unpaired) electrons. The van der Waals surface area contributed by atoms with Crippen molar-refractivity contribution in [1.29, 1.82) is 0 Å². The fourth-order valence-electron chi connectivity index (χ4n) is 12.5. The normalized spacial score (nSPS) is 21.3. The predicted octanol–water partition coefficient (Wildman–Crippen LogP) is 18.8. The molecule has 0 aromatic heterocycles. The Kier molecular flexibility index (Phi) is 57.8. The SMILES string of the molecule is C=CCOC(=O)O[C@@H]1[C@H](OCCCCCCCCCC)[C@@H](NC(=O)CC(=O)CCCCCCCCCCC)[C@@H](O/C=C\C)O[C@@H]1CO[C@@H]1O[C@H](COC)[C@H](OP(=O)(OCC=C)OCC=C)[C@H](OCC[C@@H](CCCCCCC)OC)[C@H]1NC(=O)CCCCCCCCC/C=C\CCCCCC. The Morgan fingerprint density at radius 1 is 0.500 bits per heavy atom. The topological polar surface area (TPSA) is 229 Å². The average molecular weight is 1440 g/mol. The summed E-state index contributed by atoms with van der Waals surface area (Å²) in [6.45, 7) is 21.0. The van der Waals surface area contributed by atoms with Crippen LogP contribution in [0.1, 0.15) is 291 Å². The van der Waals surface area contributed by atoms with Crippen LogP contribution < -0.4 is 10.6 Å². The molecule has 0 aliphatic carbocycles. The Balaban J connectivity index is 2.74. The predicted molar refractivity (Wildman–Crippen MR) is 398 cm³/mol. The highest BCUT2D eigenvalue weighted by Gasteiger charge is 2.54. The summed E-state index contributed by atoms with van der Waals surface area (Å²) in [6, 6.07) is -2.33. The Morgan fingerprint density at radius 2 is 0.970 bits per heavy atom. The Morgan fingerprint density at radius 3 is 1.52 bits per heavy atom. The average Bonchev–Trinajstić information content (AvgIpc) is 0.780. The van der Waals surface area contributed by atoms with Crippen LogP contribution in [0.4, 0.5) is 4.79 Å². The van der Waals surface area contributed by atoms with Gasteiger partial charge in [-0.3, -0.25) is 28.0 Å². The zero-order chi connectivity index (χ0) is 73.0. The van der Waals surface area contributed by atoms with Crippen molar-refractivity contribution in [3.8, 4) is 0 Å². The minimum Gasteiger partial charge on any atom is -0.471 e. The van der Waals surface area contributed by atoms with E-state index in [1.54, 1.807) is 20.1 Å². The van der Waals surface area contributed by atoms with E-state index in [9.17, 15) is 23.7 Å². The molecule has 11 atom stereocenters. The zero-order valence-electron chi connectivity index (χ0n) is 63.5. The van der Waals surface area contributed by atoms with Gasteiger partial charge in [0.1, 0.15) is 55.0 Å². The summed E-state index contributed by atoms with van der Waals surface area (Å²) in [5, 5.41) is 6.22. The first-order chi connectivity index (χ1) is 48.8. The quantitative estimate of drug-likeness (QED) is 0.0144. The lowest BCUT2D eigenvalue weighted by Crippen LogP contribution is -2.68. The molecule has 0 spiro atoms. The van der Waals surface area contributed by atoms with Crippen molar-refractivity contribution >= 4 is 31.6 Å². The second kappa shape index (κ2) is 62.6. The number of ketones is 1. The number of allylic oxidation sites excluding steroid dienone is 3. The third-order valence-corrected chi connectivity index (χ3v) is 19.6. The maximum atomic E-state index is 14.8. The Bertz CT molecular complexity index is 2170. The molecule has 0 saturated carbocycles. The van der Waals surface area contributed by atoms with Crippen LogP contribution in [0.25, 0.3) is 0 Å². The fraction of sp³-hybridized carbons (Fsp3) is 0.823. The Hall–Kier alpha value is -3.79. The van der Waals surface area contributed by atoms with Crippen LogP contribution in [0.3, 0.4) is 0 Å². The number of rotatable bonds is 68. The van der Waals surface area contributed by atoms with Crippen molar-refractivity contribution in [2.75, 3.05) is 60.5 Å². The third kappa shape index (κ3) is 43.5. The number of ether oxygens (including phenoxy) is 10. The molecule has 580 valence electrons. The molecule has 2 N–H and O–H groups in total. The monoisotopic (exact) mass is 1440 g/mol. The second-order valence-electron chi connectivity index (χ2n) is 26.9. The molecular weight excluding hydrogens is 1300 g/mol. The number of nitrogens with one attached hydrogen (secondary N) is 2. The van der Waals surface area contributed by atoms with E-state index >= 15 is 0 Å². The van der Waals surface area contributed by atoms with Gasteiger partial charge >= 0.3 is 14.0 Å². The minimum atomic E-state index is -4.49. The number of hydrogen-bond donors (Lipinski definition) is 2. The number of carbonyl (C=O) groups is 4. The highest BCUT2D eigenvalue weighted by molar-refractivity contribution is 7.48. The number of unbranched alkanes of at least 4 members (excludes halogenated alkanes) is 30. The number of carbonyl (C=O) groups excluding carboxylic acids is 4. The van der Waals surface area contributed by atoms with E-state index in [0.717, 1.165) is 141 Å². The van der Waals surface area contributed by atoms with Gasteiger partial charge in [0.2, 0.25) is 18.1 Å². The van der Waals surface area contributed by atoms with Gasteiger partial charge in [-0.2, -0.15) is 0 Å². The first kappa shape index (κ1) is 92.3. The maximum absolute atomic E-state index is 14.8. The molecular formula is C79H141N2O18P. The molecule has 2 saturated heterocycles. The van der Waals surface area contributed by atoms with E-state index in [1.807, 2.05) is 0 Å². The fourth-order valence-corrected chi connectivity index (χ4v) is 13.8. The molecule has 21 heteroatoms. The van der Waals surface area contributed by atoms with Crippen LogP contribution in [0, 0.1) is 0 Å². The lowest BCUT2D eigenvalue weighted by molar-refractivity contribution is -0.303. The lowest BCUT2D eigenvalue weighted by atomic mass is 9.95. The molecule has 2 amide bonds. The van der Waals surface area contributed by atoms with E-state index in [-0.39, 0.29) is 70.3 Å². The van der Waals surface area contributed by atoms with Crippen molar-refractivity contribution in [2.45, 2.75) is 359 Å². The summed E-state index contributed by atoms with van der Waals surface area (Å²) in [4.78, 5) is 56.2. The smallest absolute Gasteiger partial charge is 0.471 e. The van der Waals surface area contributed by atoms with Crippen LogP contribution in [0.2, 0.25) is 0 Å². The molecule has 0 aromatic rings. The minimum absolute atomic E-state index is 0.103. The van der Waals surface area contributed by atoms with Gasteiger partial charge in [0.25, 0.3) is 0 Å². The van der Waals surface area contributed by atoms with E-state index < -0.39 is 94.2 Å². The molecule has 2 fully saturated rings. The van der Waals surface area contributed by atoms with Gasteiger partial charge < -0.3 is 58.0 Å². The number of amides is 2. The maximum Gasteiger partial charge on any atom is 0.509 e. The standard InChI is InChI=1S/C79H141N2O18P/c1-11-19-23-27-30-33-34-35-36-37-38-40-42-46-50-54-69(83)80-72-76(90-61-55-66(88-10)53-49-44-26-22-14-4)74(99-100(86,94-58-17-7)95-59-18-8)67(63-87-9)96-78(72)93-64-68-73(98-79(85)92-57-16-6)75(89-60-51-47-43-32-29-25-21-13-3)71(77(97-68)91-56-15-5)81-70(84)62-65(82)52-48-45-41-39-31-28-24-20-12-2/h15-18,33-34,56,66-68,71-78H,6-8,11-14,19-32,35-55,57-64H2,1-5,9-10H3,(H,80,83)(H,81,84)/b34-33-,56-15-/t66-,67-,68-,71-,72-,73+,74+,75-,76-,77+,78-/m1/s1. The van der Waals surface area contributed by atoms with Gasteiger partial charge in [0, 0.05) is 40.3 Å². The first-order valence-electron chi connectivity index (χ1n) is 39.3. The summed E-state index contributed by atoms with van der Waals surface area (Å²) in [6.07, 6.45) is 39.6. The van der Waals surface area contributed by atoms with Crippen molar-refractivity contribution in [1.82, 2.24) is 10.6 Å². The highest BCUT2D eigenvalue weighted by atomic mass is 31.2. The summed E-state index contributed by atoms with van der Waals surface area (Å²) >= 11 is 0. The van der Waals surface area contributed by atoms with Crippen LogP contribution in [0.5, 0.6) is 0 Å². The van der Waals surface area contributed by atoms with Crippen LogP contribution in [-0.4, -0.2) is 152 Å². The lowest BCUT2D eigenvalue weighted by Gasteiger charge is -2.48. The van der Waals surface area contributed by atoms with Gasteiger partial charge in [0.15, 0.2) is 12.4 Å². The first-order valence-corrected chi connectivity index (χ1v) is 40.7. The second-order valence-corrected chi connectivity index (χ2v) is 28.5. The van der Waals surface area contributed by atoms with Gasteiger partial charge in [-0.15, -0.1) is 13.2 Å². The van der Waals surface area contributed by atoms with Crippen molar-refractivity contribution in [3.05, 3.63) is 62.5 Å². The largest absolute Gasteiger partial charge is 0.509 e. The van der Waals surface area contributed by atoms with Gasteiger partial charge in [-0.25, -0.2) is 9.36 Å². The summed E-state index contributed by atoms with van der Waals surface area (Å²) < 4.78 is 96.9. The number of Topliss-reactive ketones (excluding diaryl/α,β-unsaturated/α-hetero) is 1. The third-order valence-electron chi connectivity index (χ3n) is 18.2. The number of phosphoric acid groups is 1. The molecule has 20 nitrogen and oxygen atoms in total. The Labute approximate surface area is 606 Å². The number of methoxy groups -OCH3 is 2. The molecule has 2 aliphatic heterocycles. The summed E-state index contributed by atoms with van der Waals surface area (Å²) in [7, 11) is -1.33. The number of phosphoric ester groups is 1. The summed E-state index contributed by atoms with van der Waals surface area (Å²) in [5.41, 5.74) is 0. The molecule has 2 rings (SSSR count). The highest BCUT2D eigenvalue weighted by Crippen LogP contribution is 2.52. The molecule has 100 heavy (non-hydrogen) atoms. The molecule has 0 unspecified atom stereocenters.